The van der Waals surface area contributed by atoms with Crippen molar-refractivity contribution in [1.29, 1.82) is 0 Å². The maximum atomic E-state index is 11.0. The molecular formula is C10H10N4O3. The molecule has 1 amide bonds. The van der Waals surface area contributed by atoms with Gasteiger partial charge in [0.2, 0.25) is 5.91 Å². The van der Waals surface area contributed by atoms with Crippen LogP contribution in [0.4, 0.5) is 11.4 Å². The van der Waals surface area contributed by atoms with Crippen molar-refractivity contribution in [3.63, 3.8) is 0 Å². The number of nitro groups is 1. The van der Waals surface area contributed by atoms with E-state index in [1.165, 1.54) is 13.0 Å². The largest absolute Gasteiger partial charge is 0.342 e. The Morgan fingerprint density at radius 1 is 1.53 bits per heavy atom. The number of anilines is 1. The lowest BCUT2D eigenvalue weighted by atomic mass is 10.2. The molecule has 0 unspecified atom stereocenters. The number of benzene rings is 1. The van der Waals surface area contributed by atoms with Gasteiger partial charge in [0.15, 0.2) is 5.52 Å². The van der Waals surface area contributed by atoms with E-state index in [-0.39, 0.29) is 22.8 Å². The normalized spacial score (nSPS) is 10.5. The number of H-pyrrole nitrogens is 1. The third-order valence-electron chi connectivity index (χ3n) is 2.24. The molecule has 0 saturated heterocycles. The molecule has 0 saturated carbocycles. The number of aromatic nitrogens is 2. The van der Waals surface area contributed by atoms with Gasteiger partial charge in [-0.2, -0.15) is 0 Å². The van der Waals surface area contributed by atoms with Crippen molar-refractivity contribution in [3.05, 3.63) is 28.1 Å². The number of imidazole rings is 1. The summed E-state index contributed by atoms with van der Waals surface area (Å²) in [7, 11) is 0. The number of hydrogen-bond donors (Lipinski definition) is 2. The van der Waals surface area contributed by atoms with E-state index in [0.717, 1.165) is 0 Å². The first-order chi connectivity index (χ1) is 7.99. The van der Waals surface area contributed by atoms with Gasteiger partial charge in [0, 0.05) is 6.92 Å². The predicted molar refractivity (Wildman–Crippen MR) is 61.8 cm³/mol. The number of carbonyl (C=O) groups is 1. The average molecular weight is 234 g/mol. The molecule has 0 bridgehead atoms. The number of nitro benzene ring substituents is 1. The first-order valence-corrected chi connectivity index (χ1v) is 4.90. The topological polar surface area (TPSA) is 101 Å². The molecule has 0 aliphatic carbocycles. The fraction of sp³-hybridized carbons (Fsp3) is 0.200. The van der Waals surface area contributed by atoms with Crippen LogP contribution in [0.3, 0.4) is 0 Å². The van der Waals surface area contributed by atoms with E-state index in [4.69, 9.17) is 0 Å². The molecule has 7 nitrogen and oxygen atoms in total. The van der Waals surface area contributed by atoms with Crippen LogP contribution < -0.4 is 5.32 Å². The Labute approximate surface area is 96.0 Å². The predicted octanol–water partition coefficient (Wildman–Crippen LogP) is 1.74. The third kappa shape index (κ3) is 1.94. The number of fused-ring (bicyclic) bond motifs is 1. The van der Waals surface area contributed by atoms with Crippen LogP contribution in [0.15, 0.2) is 12.1 Å². The van der Waals surface area contributed by atoms with Gasteiger partial charge in [-0.25, -0.2) is 4.98 Å². The smallest absolute Gasteiger partial charge is 0.320 e. The molecule has 0 fully saturated rings. The van der Waals surface area contributed by atoms with Crippen molar-refractivity contribution in [1.82, 2.24) is 9.97 Å². The Bertz CT molecular complexity index is 617. The summed E-state index contributed by atoms with van der Waals surface area (Å²) in [4.78, 5) is 28.4. The highest BCUT2D eigenvalue weighted by Crippen LogP contribution is 2.31. The highest BCUT2D eigenvalue weighted by Gasteiger charge is 2.21. The summed E-state index contributed by atoms with van der Waals surface area (Å²) < 4.78 is 0. The molecule has 0 radical (unpaired) electrons. The molecule has 88 valence electrons. The van der Waals surface area contributed by atoms with E-state index >= 15 is 0 Å². The lowest BCUT2D eigenvalue weighted by Gasteiger charge is -2.03. The minimum Gasteiger partial charge on any atom is -0.342 e. The van der Waals surface area contributed by atoms with Crippen LogP contribution in [0, 0.1) is 17.0 Å². The van der Waals surface area contributed by atoms with E-state index in [0.29, 0.717) is 11.3 Å². The van der Waals surface area contributed by atoms with Gasteiger partial charge >= 0.3 is 5.69 Å². The molecule has 1 aromatic heterocycles. The Morgan fingerprint density at radius 3 is 2.82 bits per heavy atom. The zero-order chi connectivity index (χ0) is 12.6. The molecule has 0 aliphatic heterocycles. The zero-order valence-corrected chi connectivity index (χ0v) is 9.27. The van der Waals surface area contributed by atoms with Crippen LogP contribution in [0.2, 0.25) is 0 Å². The molecule has 0 spiro atoms. The first-order valence-electron chi connectivity index (χ1n) is 4.90. The van der Waals surface area contributed by atoms with Crippen molar-refractivity contribution < 1.29 is 9.72 Å². The minimum atomic E-state index is -0.548. The van der Waals surface area contributed by atoms with E-state index in [2.05, 4.69) is 15.3 Å². The van der Waals surface area contributed by atoms with Crippen molar-refractivity contribution in [2.24, 2.45) is 0 Å². The van der Waals surface area contributed by atoms with Gasteiger partial charge in [0.25, 0.3) is 0 Å². The Morgan fingerprint density at radius 2 is 2.24 bits per heavy atom. The number of carbonyl (C=O) groups excluding carboxylic acids is 1. The molecule has 0 atom stereocenters. The summed E-state index contributed by atoms with van der Waals surface area (Å²) in [5.41, 5.74) is 0.783. The van der Waals surface area contributed by atoms with Gasteiger partial charge < -0.3 is 10.3 Å². The van der Waals surface area contributed by atoms with Crippen molar-refractivity contribution in [3.8, 4) is 0 Å². The van der Waals surface area contributed by atoms with Gasteiger partial charge in [-0.1, -0.05) is 0 Å². The Hall–Kier alpha value is -2.44. The van der Waals surface area contributed by atoms with Gasteiger partial charge in [0.05, 0.1) is 10.4 Å². The van der Waals surface area contributed by atoms with Crippen molar-refractivity contribution in [2.75, 3.05) is 5.32 Å². The molecule has 2 N–H and O–H groups in total. The number of nitrogens with one attached hydrogen (secondary N) is 2. The van der Waals surface area contributed by atoms with Crippen LogP contribution in [0.1, 0.15) is 12.7 Å². The molecule has 1 aromatic carbocycles. The quantitative estimate of drug-likeness (QED) is 0.610. The molecule has 0 aliphatic rings. The average Bonchev–Trinajstić information content (AvgIpc) is 2.56. The van der Waals surface area contributed by atoms with Gasteiger partial charge in [-0.05, 0) is 19.1 Å². The summed E-state index contributed by atoms with van der Waals surface area (Å²) in [6.45, 7) is 3.01. The minimum absolute atomic E-state index is 0.154. The lowest BCUT2D eigenvalue weighted by Crippen LogP contribution is -2.08. The summed E-state index contributed by atoms with van der Waals surface area (Å²) in [6, 6.07) is 3.13. The first kappa shape index (κ1) is 11.1. The van der Waals surface area contributed by atoms with Crippen LogP contribution in [-0.2, 0) is 4.79 Å². The molecule has 2 rings (SSSR count). The van der Waals surface area contributed by atoms with Gasteiger partial charge in [0.1, 0.15) is 11.5 Å². The van der Waals surface area contributed by atoms with Gasteiger partial charge in [-0.3, -0.25) is 14.9 Å². The lowest BCUT2D eigenvalue weighted by molar-refractivity contribution is -0.382. The SMILES string of the molecule is CC(=O)Nc1ccc2[nH]c(C)nc2c1[N+](=O)[O-]. The molecule has 1 heterocycles. The highest BCUT2D eigenvalue weighted by atomic mass is 16.6. The number of rotatable bonds is 2. The van der Waals surface area contributed by atoms with Crippen molar-refractivity contribution in [2.45, 2.75) is 13.8 Å². The number of hydrogen-bond acceptors (Lipinski definition) is 4. The third-order valence-corrected chi connectivity index (χ3v) is 2.24. The number of nitrogens with zero attached hydrogens (tertiary/aromatic N) is 2. The summed E-state index contributed by atoms with van der Waals surface area (Å²) in [5.74, 6) is 0.225. The van der Waals surface area contributed by atoms with Crippen LogP contribution >= 0.6 is 0 Å². The maximum Gasteiger partial charge on any atom is 0.320 e. The van der Waals surface area contributed by atoms with Crippen LogP contribution in [0.5, 0.6) is 0 Å². The fourth-order valence-electron chi connectivity index (χ4n) is 1.66. The van der Waals surface area contributed by atoms with E-state index < -0.39 is 4.92 Å². The van der Waals surface area contributed by atoms with E-state index in [9.17, 15) is 14.9 Å². The highest BCUT2D eigenvalue weighted by molar-refractivity contribution is 5.98. The second-order valence-corrected chi connectivity index (χ2v) is 3.62. The second kappa shape index (κ2) is 3.85. The number of aromatic amines is 1. The van der Waals surface area contributed by atoms with E-state index in [1.807, 2.05) is 0 Å². The summed E-state index contributed by atoms with van der Waals surface area (Å²) in [6.07, 6.45) is 0. The Balaban J connectivity index is 2.71. The fourth-order valence-corrected chi connectivity index (χ4v) is 1.66. The summed E-state index contributed by atoms with van der Waals surface area (Å²) >= 11 is 0. The monoisotopic (exact) mass is 234 g/mol. The van der Waals surface area contributed by atoms with Crippen LogP contribution in [-0.4, -0.2) is 20.8 Å². The second-order valence-electron chi connectivity index (χ2n) is 3.62. The van der Waals surface area contributed by atoms with Gasteiger partial charge in [-0.15, -0.1) is 0 Å². The number of aryl methyl sites for hydroxylation is 1. The van der Waals surface area contributed by atoms with Crippen molar-refractivity contribution >= 4 is 28.3 Å². The molecular weight excluding hydrogens is 224 g/mol. The maximum absolute atomic E-state index is 11.0. The summed E-state index contributed by atoms with van der Waals surface area (Å²) in [5, 5.41) is 13.4. The molecule has 2 aromatic rings. The Kier molecular flexibility index (Phi) is 2.51. The van der Waals surface area contributed by atoms with Crippen LogP contribution in [0.25, 0.3) is 11.0 Å². The zero-order valence-electron chi connectivity index (χ0n) is 9.27. The molecule has 7 heteroatoms. The standard InChI is InChI=1S/C10H10N4O3/c1-5-11-7-3-4-8(13-6(2)15)10(14(16)17)9(7)12-5/h3-4H,1-2H3,(H,11,12)(H,13,15). The van der Waals surface area contributed by atoms with E-state index in [1.54, 1.807) is 13.0 Å². The number of amides is 1. The molecule has 17 heavy (non-hydrogen) atoms.